The van der Waals surface area contributed by atoms with Gasteiger partial charge in [0, 0.05) is 36.8 Å². The van der Waals surface area contributed by atoms with Gasteiger partial charge in [0.15, 0.2) is 5.65 Å². The summed E-state index contributed by atoms with van der Waals surface area (Å²) in [4.78, 5) is 17.3. The van der Waals surface area contributed by atoms with Crippen molar-refractivity contribution in [2.75, 3.05) is 45.0 Å². The molecule has 0 amide bonds. The number of aromatic nitrogens is 3. The van der Waals surface area contributed by atoms with Crippen molar-refractivity contribution >= 4 is 16.9 Å². The van der Waals surface area contributed by atoms with Crippen molar-refractivity contribution in [2.24, 2.45) is 0 Å². The van der Waals surface area contributed by atoms with E-state index in [9.17, 15) is 5.11 Å². The van der Waals surface area contributed by atoms with Gasteiger partial charge in [-0.15, -0.1) is 0 Å². The molecule has 2 aliphatic rings. The molecule has 1 N–H and O–H groups in total. The standard InChI is InChI=1S/C25H30N4O4/c1-16-15-33-12-9-29(16)25-20-4-5-21(18-3-6-22(31-2)19(13-18)14-30)26-24(20)27-23(28-25)17-7-10-32-11-8-17/h3-6,13,16-17,30H,7-12,14-15H2,1-2H3/t16-/m0/s1. The fourth-order valence-electron chi connectivity index (χ4n) is 4.63. The molecule has 0 spiro atoms. The first kappa shape index (κ1) is 22.0. The maximum atomic E-state index is 9.73. The number of hydrogen-bond acceptors (Lipinski definition) is 8. The van der Waals surface area contributed by atoms with Crippen LogP contribution in [0.1, 0.15) is 37.1 Å². The molecule has 0 saturated carbocycles. The van der Waals surface area contributed by atoms with E-state index in [4.69, 9.17) is 29.2 Å². The SMILES string of the molecule is COc1ccc(-c2ccc3c(N4CCOC[C@@H]4C)nc(C4CCOCC4)nc3n2)cc1CO. The van der Waals surface area contributed by atoms with Gasteiger partial charge in [-0.3, -0.25) is 0 Å². The second-order valence-corrected chi connectivity index (χ2v) is 8.66. The second-order valence-electron chi connectivity index (χ2n) is 8.66. The third kappa shape index (κ3) is 4.38. The molecule has 2 fully saturated rings. The first-order valence-corrected chi connectivity index (χ1v) is 11.6. The molecule has 0 aliphatic carbocycles. The lowest BCUT2D eigenvalue weighted by Gasteiger charge is -2.35. The minimum atomic E-state index is -0.0975. The van der Waals surface area contributed by atoms with Crippen LogP contribution in [0.15, 0.2) is 30.3 Å². The van der Waals surface area contributed by atoms with Crippen molar-refractivity contribution in [1.82, 2.24) is 15.0 Å². The number of anilines is 1. The number of pyridine rings is 1. The van der Waals surface area contributed by atoms with Crippen molar-refractivity contribution in [3.05, 3.63) is 41.7 Å². The molecule has 0 unspecified atom stereocenters. The zero-order chi connectivity index (χ0) is 22.8. The highest BCUT2D eigenvalue weighted by atomic mass is 16.5. The fourth-order valence-corrected chi connectivity index (χ4v) is 4.63. The normalized spacial score (nSPS) is 19.7. The van der Waals surface area contributed by atoms with E-state index in [1.54, 1.807) is 7.11 Å². The van der Waals surface area contributed by atoms with Crippen molar-refractivity contribution in [3.8, 4) is 17.0 Å². The van der Waals surface area contributed by atoms with Gasteiger partial charge in [-0.2, -0.15) is 0 Å². The number of rotatable bonds is 5. The molecule has 1 aromatic carbocycles. The lowest BCUT2D eigenvalue weighted by Crippen LogP contribution is -2.44. The summed E-state index contributed by atoms with van der Waals surface area (Å²) < 4.78 is 16.6. The number of methoxy groups -OCH3 is 1. The number of aliphatic hydroxyl groups excluding tert-OH is 1. The summed E-state index contributed by atoms with van der Waals surface area (Å²) in [6.45, 7) is 5.69. The maximum absolute atomic E-state index is 9.73. The van der Waals surface area contributed by atoms with E-state index in [-0.39, 0.29) is 18.6 Å². The molecule has 1 atom stereocenters. The van der Waals surface area contributed by atoms with Crippen LogP contribution in [0.5, 0.6) is 5.75 Å². The van der Waals surface area contributed by atoms with E-state index >= 15 is 0 Å². The van der Waals surface area contributed by atoms with Gasteiger partial charge < -0.3 is 24.2 Å². The van der Waals surface area contributed by atoms with Crippen LogP contribution in [-0.2, 0) is 16.1 Å². The monoisotopic (exact) mass is 450 g/mol. The first-order valence-electron chi connectivity index (χ1n) is 11.6. The van der Waals surface area contributed by atoms with Crippen LogP contribution in [0.2, 0.25) is 0 Å². The van der Waals surface area contributed by atoms with Gasteiger partial charge in [0.25, 0.3) is 0 Å². The highest BCUT2D eigenvalue weighted by molar-refractivity contribution is 5.89. The quantitative estimate of drug-likeness (QED) is 0.633. The summed E-state index contributed by atoms with van der Waals surface area (Å²) in [5, 5.41) is 10.7. The van der Waals surface area contributed by atoms with Crippen LogP contribution in [0.25, 0.3) is 22.3 Å². The molecule has 0 bridgehead atoms. The van der Waals surface area contributed by atoms with E-state index < -0.39 is 0 Å². The Bertz CT molecular complexity index is 1130. The molecule has 0 radical (unpaired) electrons. The van der Waals surface area contributed by atoms with E-state index in [0.29, 0.717) is 24.6 Å². The molecule has 33 heavy (non-hydrogen) atoms. The van der Waals surface area contributed by atoms with Crippen LogP contribution in [-0.4, -0.2) is 66.2 Å². The van der Waals surface area contributed by atoms with E-state index in [2.05, 4.69) is 17.9 Å². The molecule has 3 aromatic rings. The topological polar surface area (TPSA) is 89.8 Å². The largest absolute Gasteiger partial charge is 0.496 e. The van der Waals surface area contributed by atoms with Crippen LogP contribution in [0.3, 0.4) is 0 Å². The number of morpholine rings is 1. The predicted molar refractivity (Wildman–Crippen MR) is 126 cm³/mol. The average molecular weight is 451 g/mol. The fraction of sp³-hybridized carbons (Fsp3) is 0.480. The van der Waals surface area contributed by atoms with Crippen molar-refractivity contribution < 1.29 is 19.3 Å². The van der Waals surface area contributed by atoms with Gasteiger partial charge in [-0.05, 0) is 50.1 Å². The maximum Gasteiger partial charge on any atom is 0.165 e. The van der Waals surface area contributed by atoms with Gasteiger partial charge in [0.2, 0.25) is 0 Å². The minimum Gasteiger partial charge on any atom is -0.496 e. The van der Waals surface area contributed by atoms with Crippen LogP contribution in [0.4, 0.5) is 5.82 Å². The summed E-state index contributed by atoms with van der Waals surface area (Å²) in [6.07, 6.45) is 1.84. The van der Waals surface area contributed by atoms with Crippen LogP contribution >= 0.6 is 0 Å². The molecule has 8 heteroatoms. The molecule has 5 rings (SSSR count). The molecule has 2 saturated heterocycles. The molecule has 174 valence electrons. The lowest BCUT2D eigenvalue weighted by atomic mass is 9.99. The Morgan fingerprint density at radius 2 is 1.91 bits per heavy atom. The van der Waals surface area contributed by atoms with Crippen LogP contribution < -0.4 is 9.64 Å². The number of hydrogen-bond donors (Lipinski definition) is 1. The van der Waals surface area contributed by atoms with Crippen molar-refractivity contribution in [2.45, 2.75) is 38.3 Å². The number of fused-ring (bicyclic) bond motifs is 1. The Balaban J connectivity index is 1.62. The van der Waals surface area contributed by atoms with Crippen molar-refractivity contribution in [3.63, 3.8) is 0 Å². The predicted octanol–water partition coefficient (Wildman–Crippen LogP) is 3.31. The van der Waals surface area contributed by atoms with E-state index in [0.717, 1.165) is 66.4 Å². The Kier molecular flexibility index (Phi) is 6.39. The van der Waals surface area contributed by atoms with E-state index in [1.807, 2.05) is 24.3 Å². The number of aliphatic hydroxyl groups is 1. The summed E-state index contributed by atoms with van der Waals surface area (Å²) in [5.41, 5.74) is 3.14. The van der Waals surface area contributed by atoms with Crippen molar-refractivity contribution in [1.29, 1.82) is 0 Å². The highest BCUT2D eigenvalue weighted by Gasteiger charge is 2.26. The molecule has 8 nitrogen and oxygen atoms in total. The number of benzene rings is 1. The number of ether oxygens (including phenoxy) is 3. The third-order valence-electron chi connectivity index (χ3n) is 6.53. The first-order chi connectivity index (χ1) is 16.2. The Morgan fingerprint density at radius 3 is 2.67 bits per heavy atom. The summed E-state index contributed by atoms with van der Waals surface area (Å²) in [6, 6.07) is 10.0. The Hall–Kier alpha value is -2.81. The van der Waals surface area contributed by atoms with Gasteiger partial charge in [0.05, 0.1) is 44.1 Å². The van der Waals surface area contributed by atoms with E-state index in [1.165, 1.54) is 0 Å². The molecular weight excluding hydrogens is 420 g/mol. The van der Waals surface area contributed by atoms with Gasteiger partial charge >= 0.3 is 0 Å². The zero-order valence-electron chi connectivity index (χ0n) is 19.2. The van der Waals surface area contributed by atoms with Gasteiger partial charge in [0.1, 0.15) is 17.4 Å². The third-order valence-corrected chi connectivity index (χ3v) is 6.53. The van der Waals surface area contributed by atoms with Gasteiger partial charge in [-0.25, -0.2) is 15.0 Å². The summed E-state index contributed by atoms with van der Waals surface area (Å²) in [5.74, 6) is 2.71. The molecular formula is C25H30N4O4. The highest BCUT2D eigenvalue weighted by Crippen LogP contribution is 2.33. The van der Waals surface area contributed by atoms with Gasteiger partial charge in [-0.1, -0.05) is 0 Å². The molecule has 4 heterocycles. The molecule has 2 aromatic heterocycles. The average Bonchev–Trinajstić information content (AvgIpc) is 2.88. The number of nitrogens with zero attached hydrogens (tertiary/aromatic N) is 4. The smallest absolute Gasteiger partial charge is 0.165 e. The second kappa shape index (κ2) is 9.59. The lowest BCUT2D eigenvalue weighted by molar-refractivity contribution is 0.0835. The van der Waals surface area contributed by atoms with Crippen LogP contribution in [0, 0.1) is 0 Å². The summed E-state index contributed by atoms with van der Waals surface area (Å²) in [7, 11) is 1.60. The minimum absolute atomic E-state index is 0.0975. The molecule has 2 aliphatic heterocycles. The Morgan fingerprint density at radius 1 is 1.06 bits per heavy atom. The Labute approximate surface area is 193 Å². The summed E-state index contributed by atoms with van der Waals surface area (Å²) >= 11 is 0. The zero-order valence-corrected chi connectivity index (χ0v) is 19.2.